The Morgan fingerprint density at radius 2 is 2.00 bits per heavy atom. The fraction of sp³-hybridized carbons (Fsp3) is 0.750. The van der Waals surface area contributed by atoms with E-state index in [0.29, 0.717) is 11.8 Å². The van der Waals surface area contributed by atoms with Gasteiger partial charge < -0.3 is 10.2 Å². The maximum absolute atomic E-state index is 10.8. The van der Waals surface area contributed by atoms with Crippen LogP contribution < -0.4 is 0 Å². The summed E-state index contributed by atoms with van der Waals surface area (Å²) in [5, 5.41) is 19.3. The molecule has 2 fully saturated rings. The van der Waals surface area contributed by atoms with Crippen LogP contribution in [0.3, 0.4) is 0 Å². The van der Waals surface area contributed by atoms with Crippen LogP contribution in [0.4, 0.5) is 0 Å². The molecule has 2 aliphatic rings. The molecule has 3 nitrogen and oxygen atoms in total. The third-order valence-corrected chi connectivity index (χ3v) is 6.42. The van der Waals surface area contributed by atoms with Gasteiger partial charge in [-0.1, -0.05) is 38.5 Å². The Morgan fingerprint density at radius 3 is 2.61 bits per heavy atom. The van der Waals surface area contributed by atoms with Gasteiger partial charge in [-0.3, -0.25) is 0 Å². The van der Waals surface area contributed by atoms with Crippen LogP contribution in [0.15, 0.2) is 23.8 Å². The van der Waals surface area contributed by atoms with Crippen LogP contribution in [0.5, 0.6) is 0 Å². The Kier molecular flexibility index (Phi) is 5.10. The molecular formula is C20H32O3. The van der Waals surface area contributed by atoms with E-state index in [4.69, 9.17) is 5.11 Å². The van der Waals surface area contributed by atoms with Gasteiger partial charge in [0.1, 0.15) is 0 Å². The summed E-state index contributed by atoms with van der Waals surface area (Å²) in [6.45, 7) is 13.1. The van der Waals surface area contributed by atoms with E-state index in [1.54, 1.807) is 0 Å². The van der Waals surface area contributed by atoms with Gasteiger partial charge in [-0.2, -0.15) is 0 Å². The zero-order valence-corrected chi connectivity index (χ0v) is 15.1. The van der Waals surface area contributed by atoms with Crippen molar-refractivity contribution < 1.29 is 15.0 Å². The quantitative estimate of drug-likeness (QED) is 0.589. The number of fused-ring (bicyclic) bond motifs is 1. The first kappa shape index (κ1) is 18.3. The number of aliphatic hydroxyl groups is 1. The lowest BCUT2D eigenvalue weighted by Gasteiger charge is -2.59. The lowest BCUT2D eigenvalue weighted by atomic mass is 9.46. The molecule has 4 atom stereocenters. The number of rotatable bonds is 4. The van der Waals surface area contributed by atoms with Crippen LogP contribution in [0, 0.1) is 22.7 Å². The zero-order valence-electron chi connectivity index (χ0n) is 15.1. The monoisotopic (exact) mass is 320 g/mol. The highest BCUT2D eigenvalue weighted by atomic mass is 16.4. The Bertz CT molecular complexity index is 517. The van der Waals surface area contributed by atoms with Crippen LogP contribution in [0.1, 0.15) is 66.2 Å². The molecule has 0 spiro atoms. The first-order valence-corrected chi connectivity index (χ1v) is 8.82. The number of hydrogen-bond donors (Lipinski definition) is 2. The fourth-order valence-corrected chi connectivity index (χ4v) is 5.63. The maximum Gasteiger partial charge on any atom is 0.328 e. The number of allylic oxidation sites excluding steroid dienone is 2. The molecule has 0 aliphatic heterocycles. The van der Waals surface area contributed by atoms with Crippen molar-refractivity contribution in [2.45, 2.75) is 72.3 Å². The normalized spacial score (nSPS) is 37.3. The molecular weight excluding hydrogens is 288 g/mol. The average molecular weight is 320 g/mol. The van der Waals surface area contributed by atoms with Crippen molar-refractivity contribution in [3.05, 3.63) is 23.8 Å². The molecule has 3 heteroatoms. The summed E-state index contributed by atoms with van der Waals surface area (Å²) in [5.41, 5.74) is 2.42. The number of hydrogen-bond acceptors (Lipinski definition) is 2. The summed E-state index contributed by atoms with van der Waals surface area (Å²) in [6, 6.07) is 0. The smallest absolute Gasteiger partial charge is 0.328 e. The highest BCUT2D eigenvalue weighted by molar-refractivity contribution is 5.80. The largest absolute Gasteiger partial charge is 0.478 e. The highest BCUT2D eigenvalue weighted by Gasteiger charge is 2.54. The van der Waals surface area contributed by atoms with E-state index < -0.39 is 5.97 Å². The molecule has 2 aliphatic carbocycles. The summed E-state index contributed by atoms with van der Waals surface area (Å²) in [6.07, 6.45) is 6.73. The van der Waals surface area contributed by atoms with Crippen molar-refractivity contribution in [3.8, 4) is 0 Å². The topological polar surface area (TPSA) is 57.5 Å². The Hall–Kier alpha value is -1.09. The first-order valence-electron chi connectivity index (χ1n) is 8.82. The van der Waals surface area contributed by atoms with Gasteiger partial charge in [-0.25, -0.2) is 4.79 Å². The van der Waals surface area contributed by atoms with Gasteiger partial charge in [0, 0.05) is 6.08 Å². The highest BCUT2D eigenvalue weighted by Crippen LogP contribution is 2.61. The van der Waals surface area contributed by atoms with Crippen LogP contribution in [0.2, 0.25) is 0 Å². The lowest BCUT2D eigenvalue weighted by Crippen LogP contribution is -2.53. The van der Waals surface area contributed by atoms with E-state index >= 15 is 0 Å². The molecule has 0 heterocycles. The summed E-state index contributed by atoms with van der Waals surface area (Å²) >= 11 is 0. The van der Waals surface area contributed by atoms with Gasteiger partial charge in [0.2, 0.25) is 0 Å². The Balaban J connectivity index is 2.22. The molecule has 130 valence electrons. The van der Waals surface area contributed by atoms with Crippen molar-refractivity contribution in [2.24, 2.45) is 22.7 Å². The van der Waals surface area contributed by atoms with Gasteiger partial charge in [0.05, 0.1) is 6.10 Å². The van der Waals surface area contributed by atoms with E-state index in [9.17, 15) is 9.90 Å². The predicted molar refractivity (Wildman–Crippen MR) is 93.1 cm³/mol. The van der Waals surface area contributed by atoms with Gasteiger partial charge >= 0.3 is 5.97 Å². The molecule has 0 aromatic heterocycles. The Labute approximate surface area is 140 Å². The fourth-order valence-electron chi connectivity index (χ4n) is 5.63. The van der Waals surface area contributed by atoms with E-state index in [1.165, 1.54) is 11.6 Å². The summed E-state index contributed by atoms with van der Waals surface area (Å²) < 4.78 is 0. The van der Waals surface area contributed by atoms with E-state index in [1.807, 2.05) is 6.92 Å². The van der Waals surface area contributed by atoms with Crippen molar-refractivity contribution >= 4 is 5.97 Å². The molecule has 0 aromatic carbocycles. The van der Waals surface area contributed by atoms with Crippen molar-refractivity contribution in [2.75, 3.05) is 0 Å². The number of carbonyl (C=O) groups is 1. The molecule has 2 N–H and O–H groups in total. The summed E-state index contributed by atoms with van der Waals surface area (Å²) in [4.78, 5) is 10.8. The molecule has 2 saturated carbocycles. The summed E-state index contributed by atoms with van der Waals surface area (Å²) in [7, 11) is 0. The predicted octanol–water partition coefficient (Wildman–Crippen LogP) is 4.57. The first-order chi connectivity index (χ1) is 10.6. The molecule has 4 unspecified atom stereocenters. The molecule has 0 bridgehead atoms. The molecule has 23 heavy (non-hydrogen) atoms. The maximum atomic E-state index is 10.8. The third kappa shape index (κ3) is 3.71. The second kappa shape index (κ2) is 6.43. The van der Waals surface area contributed by atoms with Crippen molar-refractivity contribution in [3.63, 3.8) is 0 Å². The average Bonchev–Trinajstić information content (AvgIpc) is 2.34. The zero-order chi connectivity index (χ0) is 17.4. The number of aliphatic hydroxyl groups excluding tert-OH is 1. The van der Waals surface area contributed by atoms with Gasteiger partial charge in [0.25, 0.3) is 0 Å². The molecule has 0 saturated heterocycles. The number of carboxylic acid groups (broad SMARTS) is 1. The third-order valence-electron chi connectivity index (χ3n) is 6.42. The lowest BCUT2D eigenvalue weighted by molar-refractivity contribution is -0.131. The molecule has 0 radical (unpaired) electrons. The van der Waals surface area contributed by atoms with E-state index in [0.717, 1.165) is 44.1 Å². The van der Waals surface area contributed by atoms with Gasteiger partial charge in [-0.15, -0.1) is 0 Å². The number of aliphatic carboxylic acids is 1. The van der Waals surface area contributed by atoms with E-state index in [2.05, 4.69) is 27.4 Å². The SMILES string of the molecule is C=C1CCC2C(C)(C)CC(O)CC2(C)C1CCC(C)=CC(=O)O. The van der Waals surface area contributed by atoms with Crippen molar-refractivity contribution in [1.82, 2.24) is 0 Å². The van der Waals surface area contributed by atoms with Crippen molar-refractivity contribution in [1.29, 1.82) is 0 Å². The van der Waals surface area contributed by atoms with Gasteiger partial charge in [0.15, 0.2) is 0 Å². The van der Waals surface area contributed by atoms with Crippen LogP contribution in [-0.4, -0.2) is 22.3 Å². The Morgan fingerprint density at radius 1 is 1.35 bits per heavy atom. The molecule has 0 amide bonds. The standard InChI is InChI=1S/C20H32O3/c1-13(10-18(22)23)6-8-16-14(2)7-9-17-19(3,4)11-15(21)12-20(16,17)5/h10,15-17,21H,2,6-9,11-12H2,1,3-5H3,(H,22,23). The van der Waals surface area contributed by atoms with Crippen LogP contribution in [0.25, 0.3) is 0 Å². The summed E-state index contributed by atoms with van der Waals surface area (Å²) in [5.74, 6) is 0.0913. The minimum absolute atomic E-state index is 0.0694. The second-order valence-electron chi connectivity index (χ2n) is 8.73. The van der Waals surface area contributed by atoms with Crippen LogP contribution in [-0.2, 0) is 4.79 Å². The molecule has 2 rings (SSSR count). The number of carboxylic acids is 1. The minimum atomic E-state index is -0.872. The van der Waals surface area contributed by atoms with E-state index in [-0.39, 0.29) is 16.9 Å². The minimum Gasteiger partial charge on any atom is -0.478 e. The van der Waals surface area contributed by atoms with Crippen LogP contribution >= 0.6 is 0 Å². The molecule has 0 aromatic rings. The van der Waals surface area contributed by atoms with Gasteiger partial charge in [-0.05, 0) is 68.1 Å². The second-order valence-corrected chi connectivity index (χ2v) is 8.73.